The maximum Gasteiger partial charge on any atom is 0.214 e. The summed E-state index contributed by atoms with van der Waals surface area (Å²) in [6, 6.07) is 0. The van der Waals surface area contributed by atoms with Crippen LogP contribution in [-0.2, 0) is 14.8 Å². The summed E-state index contributed by atoms with van der Waals surface area (Å²) in [6.07, 6.45) is 2.59. The number of piperidine rings is 1. The molecule has 6 heteroatoms. The largest absolute Gasteiger partial charge is 0.377 e. The molecule has 4 nitrogen and oxygen atoms in total. The predicted molar refractivity (Wildman–Crippen MR) is 77.6 cm³/mol. The molecule has 1 aliphatic heterocycles. The fourth-order valence-electron chi connectivity index (χ4n) is 2.00. The lowest BCUT2D eigenvalue weighted by Crippen LogP contribution is -2.42. The molecule has 0 aromatic rings. The third kappa shape index (κ3) is 5.55. The minimum absolute atomic E-state index is 0.221. The van der Waals surface area contributed by atoms with Crippen LogP contribution in [0.25, 0.3) is 0 Å². The Labute approximate surface area is 119 Å². The van der Waals surface area contributed by atoms with Gasteiger partial charge in [-0.2, -0.15) is 0 Å². The maximum atomic E-state index is 12.1. The molecular weight excluding hydrogens is 318 g/mol. The first kappa shape index (κ1) is 16.4. The molecule has 0 aromatic heterocycles. The van der Waals surface area contributed by atoms with E-state index >= 15 is 0 Å². The van der Waals surface area contributed by atoms with Crippen molar-refractivity contribution in [3.63, 3.8) is 0 Å². The Morgan fingerprint density at radius 1 is 1.33 bits per heavy atom. The molecule has 0 spiro atoms. The molecule has 0 unspecified atom stereocenters. The van der Waals surface area contributed by atoms with Gasteiger partial charge in [-0.1, -0.05) is 29.8 Å². The van der Waals surface area contributed by atoms with Gasteiger partial charge in [0.25, 0.3) is 0 Å². The fourth-order valence-corrected chi connectivity index (χ4v) is 3.98. The Morgan fingerprint density at radius 3 is 2.44 bits per heavy atom. The molecule has 0 atom stereocenters. The Hall–Kier alpha value is 0.350. The number of hydrogen-bond acceptors (Lipinski definition) is 3. The number of rotatable bonds is 7. The molecule has 108 valence electrons. The van der Waals surface area contributed by atoms with Gasteiger partial charge in [0.2, 0.25) is 10.0 Å². The lowest BCUT2D eigenvalue weighted by molar-refractivity contribution is 0.0309. The molecule has 0 saturated carbocycles. The summed E-state index contributed by atoms with van der Waals surface area (Å²) in [7, 11) is -3.05. The van der Waals surface area contributed by atoms with Crippen molar-refractivity contribution in [2.24, 2.45) is 5.92 Å². The molecule has 1 aliphatic rings. The van der Waals surface area contributed by atoms with Crippen LogP contribution in [0, 0.1) is 5.92 Å². The maximum absolute atomic E-state index is 12.1. The number of ether oxygens (including phenoxy) is 1. The first-order valence-electron chi connectivity index (χ1n) is 6.61. The topological polar surface area (TPSA) is 46.6 Å². The zero-order valence-electron chi connectivity index (χ0n) is 11.3. The van der Waals surface area contributed by atoms with Crippen molar-refractivity contribution in [1.29, 1.82) is 0 Å². The van der Waals surface area contributed by atoms with E-state index in [1.165, 1.54) is 0 Å². The number of sulfonamides is 1. The molecule has 0 radical (unpaired) electrons. The molecule has 0 bridgehead atoms. The van der Waals surface area contributed by atoms with Crippen LogP contribution < -0.4 is 0 Å². The summed E-state index contributed by atoms with van der Waals surface area (Å²) >= 11 is 3.32. The van der Waals surface area contributed by atoms with E-state index in [0.29, 0.717) is 25.6 Å². The summed E-state index contributed by atoms with van der Waals surface area (Å²) in [5.74, 6) is 0.706. The summed E-state index contributed by atoms with van der Waals surface area (Å²) in [5, 5.41) is 0.833. The minimum Gasteiger partial charge on any atom is -0.377 e. The predicted octanol–water partition coefficient (Wildman–Crippen LogP) is 2.24. The van der Waals surface area contributed by atoms with E-state index in [4.69, 9.17) is 4.74 Å². The van der Waals surface area contributed by atoms with E-state index in [1.807, 2.05) is 0 Å². The van der Waals surface area contributed by atoms with Gasteiger partial charge in [0, 0.05) is 18.4 Å². The molecule has 1 saturated heterocycles. The first-order valence-corrected chi connectivity index (χ1v) is 9.34. The highest BCUT2D eigenvalue weighted by atomic mass is 79.9. The van der Waals surface area contributed by atoms with E-state index in [9.17, 15) is 8.42 Å². The van der Waals surface area contributed by atoms with Gasteiger partial charge in [-0.05, 0) is 25.2 Å². The lowest BCUT2D eigenvalue weighted by atomic mass is 10.1. The third-order valence-electron chi connectivity index (χ3n) is 3.18. The molecule has 1 rings (SSSR count). The number of halogens is 1. The van der Waals surface area contributed by atoms with Crippen molar-refractivity contribution < 1.29 is 13.2 Å². The van der Waals surface area contributed by atoms with Crippen molar-refractivity contribution >= 4 is 26.0 Å². The molecule has 1 fully saturated rings. The van der Waals surface area contributed by atoms with E-state index < -0.39 is 10.0 Å². The van der Waals surface area contributed by atoms with E-state index in [1.54, 1.807) is 4.31 Å². The third-order valence-corrected chi connectivity index (χ3v) is 5.41. The lowest BCUT2D eigenvalue weighted by Gasteiger charge is -2.31. The van der Waals surface area contributed by atoms with Crippen molar-refractivity contribution in [3.05, 3.63) is 0 Å². The minimum atomic E-state index is -3.05. The van der Waals surface area contributed by atoms with Crippen LogP contribution in [0.1, 0.15) is 33.1 Å². The average Bonchev–Trinajstić information content (AvgIpc) is 2.34. The van der Waals surface area contributed by atoms with Crippen LogP contribution in [0.4, 0.5) is 0 Å². The van der Waals surface area contributed by atoms with Gasteiger partial charge in [0.15, 0.2) is 0 Å². The van der Waals surface area contributed by atoms with E-state index in [-0.39, 0.29) is 11.9 Å². The average molecular weight is 342 g/mol. The van der Waals surface area contributed by atoms with Gasteiger partial charge in [-0.25, -0.2) is 12.7 Å². The van der Waals surface area contributed by atoms with Gasteiger partial charge < -0.3 is 4.74 Å². The zero-order chi connectivity index (χ0) is 13.6. The molecule has 18 heavy (non-hydrogen) atoms. The normalized spacial score (nSPS) is 19.6. The molecule has 0 aliphatic carbocycles. The van der Waals surface area contributed by atoms with Crippen molar-refractivity contribution in [1.82, 2.24) is 4.31 Å². The Balaban J connectivity index is 2.37. The van der Waals surface area contributed by atoms with Crippen molar-refractivity contribution in [2.45, 2.75) is 39.2 Å². The van der Waals surface area contributed by atoms with Gasteiger partial charge in [-0.15, -0.1) is 0 Å². The number of hydrogen-bond donors (Lipinski definition) is 0. The SMILES string of the molecule is CC(C)CCS(=O)(=O)N1CCC(OCCBr)CC1. The summed E-state index contributed by atoms with van der Waals surface area (Å²) in [4.78, 5) is 0. The first-order chi connectivity index (χ1) is 8.45. The van der Waals surface area contributed by atoms with Crippen LogP contribution in [0.3, 0.4) is 0 Å². The monoisotopic (exact) mass is 341 g/mol. The Bertz CT molecular complexity index is 324. The summed E-state index contributed by atoms with van der Waals surface area (Å²) < 4.78 is 31.4. The zero-order valence-corrected chi connectivity index (χ0v) is 13.7. The number of alkyl halides is 1. The molecule has 0 aromatic carbocycles. The van der Waals surface area contributed by atoms with Crippen LogP contribution in [0.2, 0.25) is 0 Å². The van der Waals surface area contributed by atoms with Gasteiger partial charge in [0.1, 0.15) is 0 Å². The van der Waals surface area contributed by atoms with Gasteiger partial charge >= 0.3 is 0 Å². The van der Waals surface area contributed by atoms with Crippen LogP contribution in [0.5, 0.6) is 0 Å². The van der Waals surface area contributed by atoms with E-state index in [2.05, 4.69) is 29.8 Å². The van der Waals surface area contributed by atoms with Gasteiger partial charge in [-0.3, -0.25) is 0 Å². The standard InChI is InChI=1S/C12H24BrNO3S/c1-11(2)5-10-18(15,16)14-7-3-12(4-8-14)17-9-6-13/h11-12H,3-10H2,1-2H3. The summed E-state index contributed by atoms with van der Waals surface area (Å²) in [6.45, 7) is 6.01. The summed E-state index contributed by atoms with van der Waals surface area (Å²) in [5.41, 5.74) is 0. The second-order valence-corrected chi connectivity index (χ2v) is 8.04. The highest BCUT2D eigenvalue weighted by molar-refractivity contribution is 9.09. The van der Waals surface area contributed by atoms with Gasteiger partial charge in [0.05, 0.1) is 18.5 Å². The molecule has 0 amide bonds. The highest BCUT2D eigenvalue weighted by Crippen LogP contribution is 2.18. The van der Waals surface area contributed by atoms with Crippen molar-refractivity contribution in [2.75, 3.05) is 30.8 Å². The highest BCUT2D eigenvalue weighted by Gasteiger charge is 2.27. The molecule has 1 heterocycles. The Morgan fingerprint density at radius 2 is 1.94 bits per heavy atom. The molecule has 0 N–H and O–H groups in total. The smallest absolute Gasteiger partial charge is 0.214 e. The molecular formula is C12H24BrNO3S. The van der Waals surface area contributed by atoms with Crippen LogP contribution in [-0.4, -0.2) is 49.6 Å². The van der Waals surface area contributed by atoms with Crippen LogP contribution in [0.15, 0.2) is 0 Å². The second-order valence-electron chi connectivity index (χ2n) is 5.16. The van der Waals surface area contributed by atoms with E-state index in [0.717, 1.165) is 24.6 Å². The fraction of sp³-hybridized carbons (Fsp3) is 1.00. The van der Waals surface area contributed by atoms with Crippen LogP contribution >= 0.6 is 15.9 Å². The quantitative estimate of drug-likeness (QED) is 0.667. The van der Waals surface area contributed by atoms with Crippen molar-refractivity contribution in [3.8, 4) is 0 Å². The number of nitrogens with zero attached hydrogens (tertiary/aromatic N) is 1. The Kier molecular flexibility index (Phi) is 7.13. The second kappa shape index (κ2) is 7.82.